The van der Waals surface area contributed by atoms with Gasteiger partial charge in [0.2, 0.25) is 0 Å². The number of thioether (sulfide) groups is 1. The number of para-hydroxylation sites is 2. The molecule has 0 unspecified atom stereocenters. The lowest BCUT2D eigenvalue weighted by atomic mass is 10.1. The lowest BCUT2D eigenvalue weighted by molar-refractivity contribution is -0.0329. The molecule has 3 aromatic rings. The number of fused-ring (bicyclic) bond motifs is 1. The summed E-state index contributed by atoms with van der Waals surface area (Å²) in [6.45, 7) is 0. The number of carbonyl (C=O) groups is 1. The van der Waals surface area contributed by atoms with Gasteiger partial charge in [-0.25, -0.2) is 4.98 Å². The van der Waals surface area contributed by atoms with Crippen LogP contribution >= 0.6 is 11.8 Å². The van der Waals surface area contributed by atoms with Gasteiger partial charge in [-0.1, -0.05) is 36.4 Å². The second kappa shape index (κ2) is 6.76. The zero-order chi connectivity index (χ0) is 18.0. The summed E-state index contributed by atoms with van der Waals surface area (Å²) in [5.41, 5.74) is -3.61. The molecule has 3 rings (SSSR count). The Kier molecular flexibility index (Phi) is 4.67. The fraction of sp³-hybridized carbons (Fsp3) is 0.111. The monoisotopic (exact) mass is 362 g/mol. The van der Waals surface area contributed by atoms with Crippen molar-refractivity contribution in [2.24, 2.45) is 0 Å². The summed E-state index contributed by atoms with van der Waals surface area (Å²) in [6, 6.07) is 16.9. The number of benzene rings is 2. The van der Waals surface area contributed by atoms with Crippen molar-refractivity contribution < 1.29 is 18.0 Å². The summed E-state index contributed by atoms with van der Waals surface area (Å²) in [4.78, 5) is 18.2. The van der Waals surface area contributed by atoms with Gasteiger partial charge in [0.25, 0.3) is 5.91 Å². The summed E-state index contributed by atoms with van der Waals surface area (Å²) >= 11 is -0.375. The fourth-order valence-electron chi connectivity index (χ4n) is 2.39. The summed E-state index contributed by atoms with van der Waals surface area (Å²) in [5, 5.41) is 0.262. The molecule has 0 aliphatic heterocycles. The number of hydrogen-bond acceptors (Lipinski definition) is 3. The van der Waals surface area contributed by atoms with Crippen molar-refractivity contribution in [3.05, 3.63) is 66.2 Å². The fourth-order valence-corrected chi connectivity index (χ4v) is 3.01. The highest BCUT2D eigenvalue weighted by Crippen LogP contribution is 2.39. The van der Waals surface area contributed by atoms with Crippen LogP contribution in [0.3, 0.4) is 0 Å². The zero-order valence-corrected chi connectivity index (χ0v) is 13.9. The summed E-state index contributed by atoms with van der Waals surface area (Å²) in [6.07, 6.45) is 0. The van der Waals surface area contributed by atoms with Crippen LogP contribution in [0.2, 0.25) is 0 Å². The second-order valence-electron chi connectivity index (χ2n) is 5.28. The maximum atomic E-state index is 12.9. The van der Waals surface area contributed by atoms with Crippen LogP contribution in [0.4, 0.5) is 18.9 Å². The first-order chi connectivity index (χ1) is 11.8. The van der Waals surface area contributed by atoms with Gasteiger partial charge in [-0.15, -0.1) is 0 Å². The van der Waals surface area contributed by atoms with E-state index in [9.17, 15) is 18.0 Å². The zero-order valence-electron chi connectivity index (χ0n) is 13.1. The molecular formula is C18H13F3N2OS. The Labute approximate surface area is 146 Å². The Morgan fingerprint density at radius 3 is 2.36 bits per heavy atom. The topological polar surface area (TPSA) is 33.2 Å². The van der Waals surface area contributed by atoms with Crippen molar-refractivity contribution in [2.45, 2.75) is 10.5 Å². The number of aromatic nitrogens is 1. The van der Waals surface area contributed by atoms with Crippen molar-refractivity contribution in [3.63, 3.8) is 0 Å². The number of nitrogens with zero attached hydrogens (tertiary/aromatic N) is 2. The van der Waals surface area contributed by atoms with E-state index >= 15 is 0 Å². The van der Waals surface area contributed by atoms with Gasteiger partial charge in [0, 0.05) is 29.9 Å². The van der Waals surface area contributed by atoms with Gasteiger partial charge in [-0.05, 0) is 24.3 Å². The number of alkyl halides is 3. The molecule has 1 aromatic heterocycles. The van der Waals surface area contributed by atoms with Crippen molar-refractivity contribution in [2.75, 3.05) is 11.9 Å². The average Bonchev–Trinajstić information content (AvgIpc) is 2.59. The molecule has 0 aliphatic rings. The largest absolute Gasteiger partial charge is 0.447 e. The molecular weight excluding hydrogens is 349 g/mol. The Morgan fingerprint density at radius 2 is 1.68 bits per heavy atom. The molecule has 7 heteroatoms. The van der Waals surface area contributed by atoms with Gasteiger partial charge in [0.05, 0.1) is 11.1 Å². The van der Waals surface area contributed by atoms with Crippen LogP contribution in [-0.4, -0.2) is 23.4 Å². The van der Waals surface area contributed by atoms with Crippen LogP contribution in [0.15, 0.2) is 65.7 Å². The summed E-state index contributed by atoms with van der Waals surface area (Å²) in [5.74, 6) is -0.545. The molecule has 0 spiro atoms. The quantitative estimate of drug-likeness (QED) is 0.606. The van der Waals surface area contributed by atoms with Crippen LogP contribution in [-0.2, 0) is 0 Å². The van der Waals surface area contributed by atoms with Gasteiger partial charge in [0.1, 0.15) is 5.03 Å². The molecule has 2 aromatic carbocycles. The normalized spacial score (nSPS) is 11.5. The molecule has 0 radical (unpaired) electrons. The van der Waals surface area contributed by atoms with E-state index in [0.717, 1.165) is 0 Å². The Bertz CT molecular complexity index is 913. The van der Waals surface area contributed by atoms with Gasteiger partial charge in [-0.3, -0.25) is 4.79 Å². The van der Waals surface area contributed by atoms with E-state index < -0.39 is 11.4 Å². The van der Waals surface area contributed by atoms with Crippen molar-refractivity contribution in [1.82, 2.24) is 4.98 Å². The first-order valence-corrected chi connectivity index (χ1v) is 8.15. The Balaban J connectivity index is 2.09. The van der Waals surface area contributed by atoms with E-state index in [4.69, 9.17) is 0 Å². The van der Waals surface area contributed by atoms with Gasteiger partial charge < -0.3 is 4.90 Å². The number of pyridine rings is 1. The second-order valence-corrected chi connectivity index (χ2v) is 6.34. The number of carbonyl (C=O) groups excluding carboxylic acids is 1. The molecule has 3 nitrogen and oxygen atoms in total. The molecule has 0 saturated heterocycles. The number of hydrogen-bond donors (Lipinski definition) is 0. The highest BCUT2D eigenvalue weighted by atomic mass is 32.2. The number of amides is 1. The number of rotatable bonds is 3. The summed E-state index contributed by atoms with van der Waals surface area (Å²) in [7, 11) is 1.52. The molecule has 0 bridgehead atoms. The first kappa shape index (κ1) is 17.3. The van der Waals surface area contributed by atoms with E-state index in [-0.39, 0.29) is 22.4 Å². The van der Waals surface area contributed by atoms with Crippen LogP contribution in [0.5, 0.6) is 0 Å². The van der Waals surface area contributed by atoms with Crippen molar-refractivity contribution >= 4 is 34.3 Å². The van der Waals surface area contributed by atoms with Gasteiger partial charge in [-0.2, -0.15) is 13.2 Å². The van der Waals surface area contributed by atoms with Gasteiger partial charge >= 0.3 is 5.51 Å². The van der Waals surface area contributed by atoms with E-state index in [2.05, 4.69) is 4.98 Å². The number of halogens is 3. The molecule has 1 heterocycles. The molecule has 128 valence electrons. The smallest absolute Gasteiger partial charge is 0.311 e. The SMILES string of the molecule is CN(C(=O)c1cc2ccccc2nc1SC(F)(F)F)c1ccccc1. The minimum Gasteiger partial charge on any atom is -0.311 e. The van der Waals surface area contributed by atoms with Gasteiger partial charge in [0.15, 0.2) is 0 Å². The third-order valence-electron chi connectivity index (χ3n) is 3.58. The maximum absolute atomic E-state index is 12.9. The standard InChI is InChI=1S/C18H13F3N2OS/c1-23(13-8-3-2-4-9-13)17(24)14-11-12-7-5-6-10-15(12)22-16(14)25-18(19,20)21/h2-11H,1H3. The highest BCUT2D eigenvalue weighted by molar-refractivity contribution is 8.00. The molecule has 0 fully saturated rings. The predicted molar refractivity (Wildman–Crippen MR) is 92.8 cm³/mol. The molecule has 0 saturated carbocycles. The molecule has 0 aliphatic carbocycles. The summed E-state index contributed by atoms with van der Waals surface area (Å²) < 4.78 is 38.7. The lowest BCUT2D eigenvalue weighted by Crippen LogP contribution is -2.27. The minimum absolute atomic E-state index is 0.0765. The lowest BCUT2D eigenvalue weighted by Gasteiger charge is -2.19. The third kappa shape index (κ3) is 3.93. The van der Waals surface area contributed by atoms with E-state index in [1.54, 1.807) is 54.6 Å². The maximum Gasteiger partial charge on any atom is 0.447 e. The predicted octanol–water partition coefficient (Wildman–Crippen LogP) is 5.12. The van der Waals surface area contributed by atoms with Crippen molar-refractivity contribution in [3.8, 4) is 0 Å². The van der Waals surface area contributed by atoms with Crippen LogP contribution < -0.4 is 4.90 Å². The minimum atomic E-state index is -4.53. The van der Waals surface area contributed by atoms with Crippen LogP contribution in [0.1, 0.15) is 10.4 Å². The third-order valence-corrected chi connectivity index (χ3v) is 4.32. The average molecular weight is 362 g/mol. The molecule has 0 N–H and O–H groups in total. The molecule has 1 amide bonds. The van der Waals surface area contributed by atoms with Crippen LogP contribution in [0, 0.1) is 0 Å². The Hall–Kier alpha value is -2.54. The van der Waals surface area contributed by atoms with E-state index in [1.807, 2.05) is 0 Å². The van der Waals surface area contributed by atoms with E-state index in [0.29, 0.717) is 16.6 Å². The first-order valence-electron chi connectivity index (χ1n) is 7.34. The van der Waals surface area contributed by atoms with Crippen LogP contribution in [0.25, 0.3) is 10.9 Å². The molecule has 0 atom stereocenters. The van der Waals surface area contributed by atoms with Crippen molar-refractivity contribution in [1.29, 1.82) is 0 Å². The Morgan fingerprint density at radius 1 is 1.04 bits per heavy atom. The van der Waals surface area contributed by atoms with E-state index in [1.165, 1.54) is 18.0 Å². The molecule has 25 heavy (non-hydrogen) atoms. The number of anilines is 1. The highest BCUT2D eigenvalue weighted by Gasteiger charge is 2.33.